The number of benzene rings is 1. The number of nitrogens with zero attached hydrogens (tertiary/aromatic N) is 2. The zero-order valence-electron chi connectivity index (χ0n) is 11.4. The summed E-state index contributed by atoms with van der Waals surface area (Å²) in [7, 11) is 1.53. The molecule has 0 aliphatic heterocycles. The molecule has 0 saturated heterocycles. The van der Waals surface area contributed by atoms with Crippen LogP contribution in [0.4, 0.5) is 5.69 Å². The first kappa shape index (κ1) is 13.9. The third-order valence-electron chi connectivity index (χ3n) is 3.05. The van der Waals surface area contributed by atoms with Gasteiger partial charge in [-0.1, -0.05) is 11.6 Å². The van der Waals surface area contributed by atoms with Crippen molar-refractivity contribution in [3.63, 3.8) is 0 Å². The molecule has 0 fully saturated rings. The van der Waals surface area contributed by atoms with Crippen LogP contribution < -0.4 is 10.1 Å². The molecule has 2 heterocycles. The number of halogens is 1. The van der Waals surface area contributed by atoms with E-state index < -0.39 is 0 Å². The van der Waals surface area contributed by atoms with Crippen LogP contribution in [0.15, 0.2) is 29.9 Å². The molecule has 2 aromatic heterocycles. The summed E-state index contributed by atoms with van der Waals surface area (Å²) in [4.78, 5) is 17.3. The number of rotatable bonds is 3. The lowest BCUT2D eigenvalue weighted by Gasteiger charge is -2.11. The number of aryl methyl sites for hydroxylation is 1. The molecule has 0 bridgehead atoms. The average molecular weight is 322 g/mol. The van der Waals surface area contributed by atoms with Crippen molar-refractivity contribution in [3.05, 3.63) is 46.2 Å². The molecule has 1 aromatic carbocycles. The molecule has 3 rings (SSSR count). The zero-order chi connectivity index (χ0) is 15.0. The van der Waals surface area contributed by atoms with E-state index >= 15 is 0 Å². The van der Waals surface area contributed by atoms with Crippen molar-refractivity contribution in [1.29, 1.82) is 0 Å². The highest BCUT2D eigenvalue weighted by molar-refractivity contribution is 7.15. The van der Waals surface area contributed by atoms with Crippen molar-refractivity contribution in [2.24, 2.45) is 0 Å². The molecule has 1 amide bonds. The van der Waals surface area contributed by atoms with Crippen LogP contribution >= 0.6 is 22.9 Å². The van der Waals surface area contributed by atoms with Crippen LogP contribution in [0.5, 0.6) is 5.75 Å². The Balaban J connectivity index is 1.90. The predicted molar refractivity (Wildman–Crippen MR) is 83.8 cm³/mol. The SMILES string of the molecule is COc1cc(Cl)c(C)cc1NC(=O)c1cn2ccsc2n1. The number of thiazole rings is 1. The van der Waals surface area contributed by atoms with E-state index in [4.69, 9.17) is 16.3 Å². The molecule has 21 heavy (non-hydrogen) atoms. The molecule has 108 valence electrons. The molecule has 0 atom stereocenters. The number of fused-ring (bicyclic) bond motifs is 1. The predicted octanol–water partition coefficient (Wildman–Crippen LogP) is 3.62. The second-order valence-electron chi connectivity index (χ2n) is 4.47. The fourth-order valence-corrected chi connectivity index (χ4v) is 2.81. The summed E-state index contributed by atoms with van der Waals surface area (Å²) in [6.07, 6.45) is 3.55. The molecule has 0 aliphatic carbocycles. The van der Waals surface area contributed by atoms with Crippen LogP contribution in [0.1, 0.15) is 16.1 Å². The second kappa shape index (κ2) is 5.38. The van der Waals surface area contributed by atoms with Gasteiger partial charge in [0, 0.05) is 28.9 Å². The van der Waals surface area contributed by atoms with Gasteiger partial charge in [0.15, 0.2) is 4.96 Å². The molecule has 0 spiro atoms. The van der Waals surface area contributed by atoms with Crippen LogP contribution in [0.3, 0.4) is 0 Å². The molecule has 3 aromatic rings. The summed E-state index contributed by atoms with van der Waals surface area (Å²) in [5, 5.41) is 5.31. The Bertz CT molecular complexity index is 796. The Hall–Kier alpha value is -2.05. The number of hydrogen-bond acceptors (Lipinski definition) is 4. The Kier molecular flexibility index (Phi) is 3.57. The Labute approximate surface area is 130 Å². The molecule has 1 N–H and O–H groups in total. The van der Waals surface area contributed by atoms with Crippen molar-refractivity contribution in [3.8, 4) is 5.75 Å². The number of amides is 1. The fourth-order valence-electron chi connectivity index (χ4n) is 1.95. The smallest absolute Gasteiger partial charge is 0.276 e. The molecule has 0 radical (unpaired) electrons. The van der Waals surface area contributed by atoms with Crippen molar-refractivity contribution in [1.82, 2.24) is 9.38 Å². The summed E-state index contributed by atoms with van der Waals surface area (Å²) < 4.78 is 7.05. The van der Waals surface area contributed by atoms with Crippen LogP contribution in [-0.2, 0) is 0 Å². The number of imidazole rings is 1. The van der Waals surface area contributed by atoms with Gasteiger partial charge in [-0.25, -0.2) is 4.98 Å². The largest absolute Gasteiger partial charge is 0.495 e. The van der Waals surface area contributed by atoms with Gasteiger partial charge in [-0.2, -0.15) is 0 Å². The number of carbonyl (C=O) groups is 1. The lowest BCUT2D eigenvalue weighted by atomic mass is 10.2. The first-order valence-corrected chi connectivity index (χ1v) is 7.42. The molecular weight excluding hydrogens is 310 g/mol. The highest BCUT2D eigenvalue weighted by atomic mass is 35.5. The van der Waals surface area contributed by atoms with Crippen LogP contribution in [0.2, 0.25) is 5.02 Å². The van der Waals surface area contributed by atoms with Crippen molar-refractivity contribution in [2.75, 3.05) is 12.4 Å². The second-order valence-corrected chi connectivity index (χ2v) is 5.76. The molecule has 7 heteroatoms. The van der Waals surface area contributed by atoms with Gasteiger partial charge in [-0.05, 0) is 18.6 Å². The third kappa shape index (κ3) is 2.59. The molecule has 5 nitrogen and oxygen atoms in total. The quantitative estimate of drug-likeness (QED) is 0.801. The van der Waals surface area contributed by atoms with Gasteiger partial charge in [0.05, 0.1) is 12.8 Å². The third-order valence-corrected chi connectivity index (χ3v) is 4.23. The van der Waals surface area contributed by atoms with E-state index in [-0.39, 0.29) is 5.91 Å². The minimum atomic E-state index is -0.286. The molecule has 0 saturated carbocycles. The van der Waals surface area contributed by atoms with Gasteiger partial charge >= 0.3 is 0 Å². The zero-order valence-corrected chi connectivity index (χ0v) is 13.0. The number of aromatic nitrogens is 2. The number of hydrogen-bond donors (Lipinski definition) is 1. The normalized spacial score (nSPS) is 10.8. The minimum absolute atomic E-state index is 0.286. The maximum absolute atomic E-state index is 12.3. The van der Waals surface area contributed by atoms with Crippen molar-refractivity contribution < 1.29 is 9.53 Å². The summed E-state index contributed by atoms with van der Waals surface area (Å²) in [5.41, 5.74) is 1.79. The average Bonchev–Trinajstić information content (AvgIpc) is 3.03. The Morgan fingerprint density at radius 3 is 3.00 bits per heavy atom. The molecule has 0 aliphatic rings. The van der Waals surface area contributed by atoms with E-state index in [0.29, 0.717) is 22.2 Å². The van der Waals surface area contributed by atoms with E-state index in [9.17, 15) is 4.79 Å². The van der Waals surface area contributed by atoms with E-state index in [0.717, 1.165) is 10.5 Å². The highest BCUT2D eigenvalue weighted by Gasteiger charge is 2.15. The maximum atomic E-state index is 12.3. The first-order chi connectivity index (χ1) is 10.1. The van der Waals surface area contributed by atoms with E-state index in [2.05, 4.69) is 10.3 Å². The number of carbonyl (C=O) groups excluding carboxylic acids is 1. The number of nitrogens with one attached hydrogen (secondary N) is 1. The van der Waals surface area contributed by atoms with Crippen LogP contribution in [-0.4, -0.2) is 22.4 Å². The number of anilines is 1. The van der Waals surface area contributed by atoms with Crippen molar-refractivity contribution in [2.45, 2.75) is 6.92 Å². The van der Waals surface area contributed by atoms with Crippen LogP contribution in [0.25, 0.3) is 4.96 Å². The lowest BCUT2D eigenvalue weighted by Crippen LogP contribution is -2.13. The summed E-state index contributed by atoms with van der Waals surface area (Å²) in [6, 6.07) is 3.45. The first-order valence-electron chi connectivity index (χ1n) is 6.16. The molecule has 0 unspecified atom stereocenters. The Morgan fingerprint density at radius 2 is 2.29 bits per heavy atom. The molecular formula is C14H12ClN3O2S. The topological polar surface area (TPSA) is 55.6 Å². The lowest BCUT2D eigenvalue weighted by molar-refractivity contribution is 0.102. The fraction of sp³-hybridized carbons (Fsp3) is 0.143. The van der Waals surface area contributed by atoms with Gasteiger partial charge < -0.3 is 10.1 Å². The van der Waals surface area contributed by atoms with E-state index in [1.165, 1.54) is 18.4 Å². The number of ether oxygens (including phenoxy) is 1. The van der Waals surface area contributed by atoms with Crippen molar-refractivity contribution >= 4 is 39.5 Å². The monoisotopic (exact) mass is 321 g/mol. The van der Waals surface area contributed by atoms with E-state index in [1.54, 1.807) is 18.3 Å². The summed E-state index contributed by atoms with van der Waals surface area (Å²) in [5.74, 6) is 0.228. The summed E-state index contributed by atoms with van der Waals surface area (Å²) >= 11 is 7.52. The van der Waals surface area contributed by atoms with Gasteiger partial charge in [-0.15, -0.1) is 11.3 Å². The standard InChI is InChI=1S/C14H12ClN3O2S/c1-8-5-10(12(20-2)6-9(8)15)16-13(19)11-7-18-3-4-21-14(18)17-11/h3-7H,1-2H3,(H,16,19). The van der Waals surface area contributed by atoms with E-state index in [1.807, 2.05) is 22.9 Å². The Morgan fingerprint density at radius 1 is 1.48 bits per heavy atom. The summed E-state index contributed by atoms with van der Waals surface area (Å²) in [6.45, 7) is 1.87. The van der Waals surface area contributed by atoms with Gasteiger partial charge in [0.25, 0.3) is 5.91 Å². The number of methoxy groups -OCH3 is 1. The van der Waals surface area contributed by atoms with Gasteiger partial charge in [-0.3, -0.25) is 9.20 Å². The maximum Gasteiger partial charge on any atom is 0.276 e. The van der Waals surface area contributed by atoms with Crippen LogP contribution in [0, 0.1) is 6.92 Å². The van der Waals surface area contributed by atoms with Gasteiger partial charge in [0.1, 0.15) is 11.4 Å². The van der Waals surface area contributed by atoms with Gasteiger partial charge in [0.2, 0.25) is 0 Å². The highest BCUT2D eigenvalue weighted by Crippen LogP contribution is 2.31. The minimum Gasteiger partial charge on any atom is -0.495 e.